The Labute approximate surface area is 209 Å². The van der Waals surface area contributed by atoms with Crippen LogP contribution in [0.15, 0.2) is 42.5 Å². The van der Waals surface area contributed by atoms with Crippen molar-refractivity contribution in [2.45, 2.75) is 31.2 Å². The Morgan fingerprint density at radius 3 is 2.58 bits per heavy atom. The van der Waals surface area contributed by atoms with Crippen LogP contribution in [-0.4, -0.2) is 67.2 Å². The van der Waals surface area contributed by atoms with Gasteiger partial charge >= 0.3 is 6.03 Å². The van der Waals surface area contributed by atoms with Crippen molar-refractivity contribution in [2.75, 3.05) is 45.8 Å². The maximum absolute atomic E-state index is 14.1. The number of likely N-dealkylation sites (tertiary alicyclic amines) is 1. The Morgan fingerprint density at radius 2 is 1.92 bits per heavy atom. The lowest BCUT2D eigenvalue weighted by atomic mass is 9.68. The number of urea groups is 1. The number of hydrogen-bond donors (Lipinski definition) is 2. The van der Waals surface area contributed by atoms with Crippen LogP contribution in [0.1, 0.15) is 37.1 Å². The molecule has 0 saturated carbocycles. The van der Waals surface area contributed by atoms with Crippen LogP contribution in [0.25, 0.3) is 10.9 Å². The first kappa shape index (κ1) is 24.1. The summed E-state index contributed by atoms with van der Waals surface area (Å²) in [6, 6.07) is 11.6. The van der Waals surface area contributed by atoms with E-state index in [0.717, 1.165) is 22.3 Å². The zero-order chi connectivity index (χ0) is 25.4. The van der Waals surface area contributed by atoms with E-state index in [1.54, 1.807) is 44.2 Å². The summed E-state index contributed by atoms with van der Waals surface area (Å²) in [4.78, 5) is 32.9. The van der Waals surface area contributed by atoms with Gasteiger partial charge in [0.2, 0.25) is 5.91 Å². The van der Waals surface area contributed by atoms with Gasteiger partial charge in [-0.1, -0.05) is 12.1 Å². The molecule has 0 radical (unpaired) electrons. The molecule has 2 aliphatic rings. The molecule has 1 fully saturated rings. The smallest absolute Gasteiger partial charge is 0.321 e. The van der Waals surface area contributed by atoms with E-state index in [9.17, 15) is 14.0 Å². The number of H-pyrrole nitrogens is 1. The minimum absolute atomic E-state index is 0.0157. The number of nitrogens with one attached hydrogen (secondary N) is 2. The van der Waals surface area contributed by atoms with Crippen molar-refractivity contribution in [3.8, 4) is 5.75 Å². The zero-order valence-corrected chi connectivity index (χ0v) is 20.8. The fourth-order valence-electron chi connectivity index (χ4n) is 5.78. The lowest BCUT2D eigenvalue weighted by molar-refractivity contribution is -0.135. The van der Waals surface area contributed by atoms with Gasteiger partial charge in [0.15, 0.2) is 0 Å². The minimum atomic E-state index is -0.466. The van der Waals surface area contributed by atoms with Gasteiger partial charge in [-0.3, -0.25) is 4.79 Å². The lowest BCUT2D eigenvalue weighted by Crippen LogP contribution is -2.56. The van der Waals surface area contributed by atoms with Crippen molar-refractivity contribution in [3.05, 3.63) is 59.5 Å². The standard InChI is InChI=1S/C27H31FN4O4/c1-17(33)32-16-27(10-12-31(13-11-27)26(34)30-21-7-5-4-6-20(21)28)24-19-9-8-18(36-3)14-22(19)29-25(24)23(32)15-35-2/h4-9,14,23,29H,10-13,15-16H2,1-3H3,(H,30,34)/t23-/m0/s1. The second-order valence-electron chi connectivity index (χ2n) is 9.62. The van der Waals surface area contributed by atoms with E-state index in [1.165, 1.54) is 11.6 Å². The number of hydrogen-bond acceptors (Lipinski definition) is 4. The van der Waals surface area contributed by atoms with Gasteiger partial charge < -0.3 is 29.6 Å². The van der Waals surface area contributed by atoms with E-state index in [0.29, 0.717) is 39.1 Å². The highest BCUT2D eigenvalue weighted by Crippen LogP contribution is 2.49. The number of ether oxygens (including phenoxy) is 2. The maximum atomic E-state index is 14.1. The SMILES string of the molecule is COC[C@H]1c2[nH]c3cc(OC)ccc3c2C2(CCN(C(=O)Nc3ccccc3F)CC2)CN1C(C)=O. The fraction of sp³-hybridized carbons (Fsp3) is 0.407. The third-order valence-corrected chi connectivity index (χ3v) is 7.60. The molecule has 2 N–H and O–H groups in total. The molecule has 3 heterocycles. The number of carbonyl (C=O) groups excluding carboxylic acids is 2. The Bertz CT molecular complexity index is 1300. The van der Waals surface area contributed by atoms with Crippen molar-refractivity contribution in [1.82, 2.24) is 14.8 Å². The third-order valence-electron chi connectivity index (χ3n) is 7.60. The molecule has 0 bridgehead atoms. The van der Waals surface area contributed by atoms with Crippen LogP contribution in [0.5, 0.6) is 5.75 Å². The number of benzene rings is 2. The predicted molar refractivity (Wildman–Crippen MR) is 135 cm³/mol. The van der Waals surface area contributed by atoms with E-state index in [2.05, 4.69) is 16.4 Å². The number of para-hydroxylation sites is 1. The molecule has 8 nitrogen and oxygen atoms in total. The van der Waals surface area contributed by atoms with Crippen molar-refractivity contribution < 1.29 is 23.5 Å². The highest BCUT2D eigenvalue weighted by Gasteiger charge is 2.48. The van der Waals surface area contributed by atoms with Crippen molar-refractivity contribution in [3.63, 3.8) is 0 Å². The normalized spacial score (nSPS) is 18.8. The van der Waals surface area contributed by atoms with E-state index in [4.69, 9.17) is 9.47 Å². The summed E-state index contributed by atoms with van der Waals surface area (Å²) < 4.78 is 25.0. The van der Waals surface area contributed by atoms with Crippen LogP contribution in [0.2, 0.25) is 0 Å². The molecule has 2 aliphatic heterocycles. The third kappa shape index (κ3) is 4.07. The molecule has 190 valence electrons. The van der Waals surface area contributed by atoms with Crippen LogP contribution in [0.3, 0.4) is 0 Å². The Hall–Kier alpha value is -3.59. The van der Waals surface area contributed by atoms with E-state index < -0.39 is 5.82 Å². The van der Waals surface area contributed by atoms with Gasteiger partial charge in [-0.05, 0) is 42.7 Å². The lowest BCUT2D eigenvalue weighted by Gasteiger charge is -2.50. The number of amides is 3. The summed E-state index contributed by atoms with van der Waals surface area (Å²) >= 11 is 0. The van der Waals surface area contributed by atoms with Crippen LogP contribution in [-0.2, 0) is 14.9 Å². The van der Waals surface area contributed by atoms with Crippen molar-refractivity contribution >= 4 is 28.5 Å². The first-order valence-corrected chi connectivity index (χ1v) is 12.1. The molecule has 1 saturated heterocycles. The fourth-order valence-corrected chi connectivity index (χ4v) is 5.78. The number of aromatic nitrogens is 1. The molecule has 1 aromatic heterocycles. The maximum Gasteiger partial charge on any atom is 0.321 e. The molecule has 36 heavy (non-hydrogen) atoms. The summed E-state index contributed by atoms with van der Waals surface area (Å²) in [7, 11) is 3.28. The molecule has 5 rings (SSSR count). The predicted octanol–water partition coefficient (Wildman–Crippen LogP) is 4.43. The molecule has 3 aromatic rings. The molecule has 9 heteroatoms. The van der Waals surface area contributed by atoms with Crippen molar-refractivity contribution in [2.24, 2.45) is 0 Å². The summed E-state index contributed by atoms with van der Waals surface area (Å²) in [5.74, 6) is 0.270. The first-order chi connectivity index (χ1) is 17.4. The van der Waals surface area contributed by atoms with E-state index in [-0.39, 0.29) is 29.1 Å². The average Bonchev–Trinajstić information content (AvgIpc) is 3.27. The molecular weight excluding hydrogens is 463 g/mol. The number of rotatable bonds is 4. The number of halogens is 1. The van der Waals surface area contributed by atoms with Gasteiger partial charge in [0.05, 0.1) is 25.4 Å². The molecule has 1 atom stereocenters. The topological polar surface area (TPSA) is 86.9 Å². The monoisotopic (exact) mass is 494 g/mol. The summed E-state index contributed by atoms with van der Waals surface area (Å²) in [5, 5.41) is 3.79. The van der Waals surface area contributed by atoms with E-state index in [1.807, 2.05) is 17.0 Å². The quantitative estimate of drug-likeness (QED) is 0.562. The average molecular weight is 495 g/mol. The number of carbonyl (C=O) groups is 2. The number of methoxy groups -OCH3 is 2. The van der Waals surface area contributed by atoms with Crippen LogP contribution < -0.4 is 10.1 Å². The largest absolute Gasteiger partial charge is 0.497 e. The molecule has 0 aliphatic carbocycles. The summed E-state index contributed by atoms with van der Waals surface area (Å²) in [6.07, 6.45) is 1.35. The van der Waals surface area contributed by atoms with E-state index >= 15 is 0 Å². The highest BCUT2D eigenvalue weighted by atomic mass is 19.1. The van der Waals surface area contributed by atoms with Crippen LogP contribution in [0, 0.1) is 5.82 Å². The minimum Gasteiger partial charge on any atom is -0.497 e. The van der Waals surface area contributed by atoms with Gasteiger partial charge in [0, 0.05) is 61.7 Å². The highest BCUT2D eigenvalue weighted by molar-refractivity contribution is 5.90. The Kier molecular flexibility index (Phi) is 6.34. The summed E-state index contributed by atoms with van der Waals surface area (Å²) in [6.45, 7) is 3.49. The van der Waals surface area contributed by atoms with Gasteiger partial charge in [-0.25, -0.2) is 9.18 Å². The molecule has 3 amide bonds. The van der Waals surface area contributed by atoms with Gasteiger partial charge in [0.1, 0.15) is 11.6 Å². The summed E-state index contributed by atoms with van der Waals surface area (Å²) in [5.41, 5.74) is 2.95. The number of nitrogens with zero attached hydrogens (tertiary/aromatic N) is 2. The van der Waals surface area contributed by atoms with Gasteiger partial charge in [-0.2, -0.15) is 0 Å². The molecule has 2 aromatic carbocycles. The van der Waals surface area contributed by atoms with Crippen molar-refractivity contribution in [1.29, 1.82) is 0 Å². The number of anilines is 1. The second kappa shape index (κ2) is 9.46. The zero-order valence-electron chi connectivity index (χ0n) is 20.8. The van der Waals surface area contributed by atoms with Gasteiger partial charge in [-0.15, -0.1) is 0 Å². The van der Waals surface area contributed by atoms with Crippen LogP contribution in [0.4, 0.5) is 14.9 Å². The molecular formula is C27H31FN4O4. The van der Waals surface area contributed by atoms with Crippen LogP contribution >= 0.6 is 0 Å². The molecule has 0 unspecified atom stereocenters. The molecule has 1 spiro atoms. The number of piperidine rings is 1. The number of aromatic amines is 1. The first-order valence-electron chi connectivity index (χ1n) is 12.1. The number of fused-ring (bicyclic) bond motifs is 4. The van der Waals surface area contributed by atoms with Gasteiger partial charge in [0.25, 0.3) is 0 Å². The second-order valence-corrected chi connectivity index (χ2v) is 9.62. The Morgan fingerprint density at radius 1 is 1.17 bits per heavy atom. The Balaban J connectivity index is 1.49.